The van der Waals surface area contributed by atoms with E-state index in [2.05, 4.69) is 15.2 Å². The van der Waals surface area contributed by atoms with E-state index < -0.39 is 12.0 Å². The van der Waals surface area contributed by atoms with Crippen LogP contribution in [0.5, 0.6) is 0 Å². The Balaban J connectivity index is 1.83. The number of hydrogen-bond acceptors (Lipinski definition) is 5. The highest BCUT2D eigenvalue weighted by atomic mass is 32.1. The molecule has 1 aromatic rings. The molecule has 0 radical (unpaired) electrons. The number of urea groups is 1. The number of nitrogens with one attached hydrogen (secondary N) is 1. The molecule has 1 aromatic heterocycles. The van der Waals surface area contributed by atoms with Gasteiger partial charge in [-0.05, 0) is 6.42 Å². The largest absolute Gasteiger partial charge is 0.480 e. The topological polar surface area (TPSA) is 85.8 Å². The lowest BCUT2D eigenvalue weighted by atomic mass is 10.2. The highest BCUT2D eigenvalue weighted by Gasteiger charge is 2.26. The Labute approximate surface area is 127 Å². The Bertz CT molecular complexity index is 472. The average Bonchev–Trinajstić information content (AvgIpc) is 3.01. The number of nitrogens with zero attached hydrogens (tertiary/aromatic N) is 3. The molecule has 1 aliphatic heterocycles. The third-order valence-electron chi connectivity index (χ3n) is 3.43. The number of rotatable bonds is 5. The molecule has 2 N–H and O–H groups in total. The minimum Gasteiger partial charge on any atom is -0.480 e. The van der Waals surface area contributed by atoms with E-state index in [-0.39, 0.29) is 6.03 Å². The number of carboxylic acids is 1. The number of amides is 2. The number of aromatic nitrogens is 1. The molecule has 1 atom stereocenters. The predicted octanol–water partition coefficient (Wildman–Crippen LogP) is 1.23. The third kappa shape index (κ3) is 4.07. The molecular formula is C13H20N4O3S. The van der Waals surface area contributed by atoms with Crippen molar-refractivity contribution < 1.29 is 14.7 Å². The standard InChI is InChI=1S/C13H20N4O3S/c1-2-3-10(11(18)19)15-12(20)16-5-7-17(8-6-16)13-14-4-9-21-13/h4,9-10H,2-3,5-8H2,1H3,(H,15,20)(H,18,19)/t10-/m0/s1. The number of anilines is 1. The van der Waals surface area contributed by atoms with Gasteiger partial charge in [-0.2, -0.15) is 0 Å². The van der Waals surface area contributed by atoms with Crippen LogP contribution in [0.25, 0.3) is 0 Å². The molecule has 1 saturated heterocycles. The van der Waals surface area contributed by atoms with E-state index in [1.54, 1.807) is 22.4 Å². The molecule has 7 nitrogen and oxygen atoms in total. The summed E-state index contributed by atoms with van der Waals surface area (Å²) in [6.45, 7) is 4.47. The number of carboxylic acid groups (broad SMARTS) is 1. The van der Waals surface area contributed by atoms with Crippen LogP contribution in [-0.2, 0) is 4.79 Å². The minimum absolute atomic E-state index is 0.297. The number of hydrogen-bond donors (Lipinski definition) is 2. The minimum atomic E-state index is -0.980. The molecule has 116 valence electrons. The highest BCUT2D eigenvalue weighted by Crippen LogP contribution is 2.18. The van der Waals surface area contributed by atoms with Crippen molar-refractivity contribution in [1.29, 1.82) is 0 Å². The second kappa shape index (κ2) is 7.26. The van der Waals surface area contributed by atoms with Gasteiger partial charge in [0.2, 0.25) is 0 Å². The van der Waals surface area contributed by atoms with Gasteiger partial charge in [-0.25, -0.2) is 14.6 Å². The smallest absolute Gasteiger partial charge is 0.326 e. The van der Waals surface area contributed by atoms with Crippen LogP contribution < -0.4 is 10.2 Å². The molecular weight excluding hydrogens is 292 g/mol. The summed E-state index contributed by atoms with van der Waals surface area (Å²) >= 11 is 1.58. The van der Waals surface area contributed by atoms with E-state index in [1.807, 2.05) is 12.3 Å². The van der Waals surface area contributed by atoms with Gasteiger partial charge in [0.25, 0.3) is 0 Å². The molecule has 0 spiro atoms. The van der Waals surface area contributed by atoms with Gasteiger partial charge in [-0.15, -0.1) is 11.3 Å². The van der Waals surface area contributed by atoms with Crippen molar-refractivity contribution in [3.63, 3.8) is 0 Å². The molecule has 21 heavy (non-hydrogen) atoms. The summed E-state index contributed by atoms with van der Waals surface area (Å²) in [5, 5.41) is 14.6. The van der Waals surface area contributed by atoms with Crippen molar-refractivity contribution in [2.24, 2.45) is 0 Å². The summed E-state index contributed by atoms with van der Waals surface area (Å²) < 4.78 is 0. The van der Waals surface area contributed by atoms with Crippen molar-refractivity contribution >= 4 is 28.5 Å². The van der Waals surface area contributed by atoms with Crippen molar-refractivity contribution in [3.05, 3.63) is 11.6 Å². The maximum Gasteiger partial charge on any atom is 0.326 e. The number of thiazole rings is 1. The zero-order chi connectivity index (χ0) is 15.2. The van der Waals surface area contributed by atoms with Crippen molar-refractivity contribution in [3.8, 4) is 0 Å². The van der Waals surface area contributed by atoms with E-state index in [0.717, 1.165) is 11.6 Å². The normalized spacial score (nSPS) is 16.6. The Kier molecular flexibility index (Phi) is 5.38. The number of piperazine rings is 1. The van der Waals surface area contributed by atoms with E-state index >= 15 is 0 Å². The first kappa shape index (κ1) is 15.6. The van der Waals surface area contributed by atoms with Gasteiger partial charge in [-0.3, -0.25) is 0 Å². The van der Waals surface area contributed by atoms with Gasteiger partial charge >= 0.3 is 12.0 Å². The fourth-order valence-electron chi connectivity index (χ4n) is 2.26. The van der Waals surface area contributed by atoms with Crippen LogP contribution in [0.4, 0.5) is 9.93 Å². The van der Waals surface area contributed by atoms with Gasteiger partial charge in [-0.1, -0.05) is 13.3 Å². The maximum atomic E-state index is 12.1. The first-order chi connectivity index (χ1) is 10.1. The van der Waals surface area contributed by atoms with Crippen LogP contribution in [0, 0.1) is 0 Å². The Hall–Kier alpha value is -1.83. The molecule has 0 unspecified atom stereocenters. The summed E-state index contributed by atoms with van der Waals surface area (Å²) in [7, 11) is 0. The molecule has 8 heteroatoms. The summed E-state index contributed by atoms with van der Waals surface area (Å²) in [6.07, 6.45) is 2.93. The Morgan fingerprint density at radius 1 is 1.43 bits per heavy atom. The van der Waals surface area contributed by atoms with Gasteiger partial charge in [0.1, 0.15) is 6.04 Å². The zero-order valence-electron chi connectivity index (χ0n) is 12.0. The van der Waals surface area contributed by atoms with Crippen LogP contribution in [0.1, 0.15) is 19.8 Å². The zero-order valence-corrected chi connectivity index (χ0v) is 12.8. The SMILES string of the molecule is CCC[C@H](NC(=O)N1CCN(c2nccs2)CC1)C(=O)O. The molecule has 1 aliphatic rings. The number of carbonyl (C=O) groups excluding carboxylic acids is 1. The predicted molar refractivity (Wildman–Crippen MR) is 80.8 cm³/mol. The van der Waals surface area contributed by atoms with Gasteiger partial charge < -0.3 is 20.2 Å². The van der Waals surface area contributed by atoms with Gasteiger partial charge in [0.15, 0.2) is 5.13 Å². The fraction of sp³-hybridized carbons (Fsp3) is 0.615. The highest BCUT2D eigenvalue weighted by molar-refractivity contribution is 7.13. The Morgan fingerprint density at radius 3 is 2.67 bits per heavy atom. The van der Waals surface area contributed by atoms with E-state index in [1.165, 1.54) is 0 Å². The van der Waals surface area contributed by atoms with Crippen molar-refractivity contribution in [2.45, 2.75) is 25.8 Å². The molecule has 2 heterocycles. The van der Waals surface area contributed by atoms with E-state index in [0.29, 0.717) is 32.6 Å². The lowest BCUT2D eigenvalue weighted by Gasteiger charge is -2.35. The first-order valence-electron chi connectivity index (χ1n) is 7.04. The molecule has 0 aliphatic carbocycles. The van der Waals surface area contributed by atoms with Gasteiger partial charge in [0.05, 0.1) is 0 Å². The van der Waals surface area contributed by atoms with Crippen molar-refractivity contribution in [2.75, 3.05) is 31.1 Å². The van der Waals surface area contributed by atoms with Crippen LogP contribution in [0.2, 0.25) is 0 Å². The van der Waals surface area contributed by atoms with Crippen LogP contribution in [0.3, 0.4) is 0 Å². The first-order valence-corrected chi connectivity index (χ1v) is 7.92. The van der Waals surface area contributed by atoms with E-state index in [9.17, 15) is 9.59 Å². The second-order valence-electron chi connectivity index (χ2n) is 4.92. The lowest BCUT2D eigenvalue weighted by molar-refractivity contribution is -0.139. The van der Waals surface area contributed by atoms with Crippen LogP contribution >= 0.6 is 11.3 Å². The molecule has 2 amide bonds. The molecule has 1 fully saturated rings. The number of carbonyl (C=O) groups is 2. The summed E-state index contributed by atoms with van der Waals surface area (Å²) in [5.41, 5.74) is 0. The maximum absolute atomic E-state index is 12.1. The van der Waals surface area contributed by atoms with Crippen LogP contribution in [-0.4, -0.2) is 59.2 Å². The molecule has 0 bridgehead atoms. The lowest BCUT2D eigenvalue weighted by Crippen LogP contribution is -2.54. The average molecular weight is 312 g/mol. The number of aliphatic carboxylic acids is 1. The quantitative estimate of drug-likeness (QED) is 0.854. The summed E-state index contributed by atoms with van der Waals surface area (Å²) in [5.74, 6) is -0.980. The van der Waals surface area contributed by atoms with Crippen molar-refractivity contribution in [1.82, 2.24) is 15.2 Å². The third-order valence-corrected chi connectivity index (χ3v) is 4.26. The van der Waals surface area contributed by atoms with Gasteiger partial charge in [0, 0.05) is 37.8 Å². The summed E-state index contributed by atoms with van der Waals surface area (Å²) in [6, 6.07) is -1.10. The monoisotopic (exact) mass is 312 g/mol. The summed E-state index contributed by atoms with van der Waals surface area (Å²) in [4.78, 5) is 31.2. The second-order valence-corrected chi connectivity index (χ2v) is 5.79. The molecule has 0 aromatic carbocycles. The molecule has 0 saturated carbocycles. The fourth-order valence-corrected chi connectivity index (χ4v) is 2.96. The van der Waals surface area contributed by atoms with Crippen LogP contribution in [0.15, 0.2) is 11.6 Å². The van der Waals surface area contributed by atoms with E-state index in [4.69, 9.17) is 5.11 Å². The molecule has 2 rings (SSSR count). The Morgan fingerprint density at radius 2 is 2.14 bits per heavy atom.